The van der Waals surface area contributed by atoms with Gasteiger partial charge in [-0.05, 0) is 12.8 Å². The van der Waals surface area contributed by atoms with Gasteiger partial charge in [-0.15, -0.1) is 0 Å². The number of aromatic nitrogens is 2. The Balaban J connectivity index is 1.98. The van der Waals surface area contributed by atoms with Gasteiger partial charge in [0.25, 0.3) is 0 Å². The van der Waals surface area contributed by atoms with Crippen molar-refractivity contribution in [3.8, 4) is 0 Å². The second-order valence-electron chi connectivity index (χ2n) is 4.61. The summed E-state index contributed by atoms with van der Waals surface area (Å²) in [6, 6.07) is 2.29. The number of ketones is 1. The van der Waals surface area contributed by atoms with Gasteiger partial charge in [0.2, 0.25) is 0 Å². The van der Waals surface area contributed by atoms with E-state index in [2.05, 4.69) is 15.3 Å². The van der Waals surface area contributed by atoms with Crippen molar-refractivity contribution >= 4 is 17.4 Å². The van der Waals surface area contributed by atoms with E-state index in [1.54, 1.807) is 6.33 Å². The number of Topliss-reactive ketones (excluding diaryl/α,β-unsaturated/α-hetero) is 1. The van der Waals surface area contributed by atoms with E-state index in [1.165, 1.54) is 0 Å². The molecule has 0 saturated heterocycles. The predicted octanol–water partition coefficient (Wildman–Crippen LogP) is 1.47. The molecule has 92 valence electrons. The van der Waals surface area contributed by atoms with Crippen molar-refractivity contribution in [3.05, 3.63) is 12.4 Å². The fourth-order valence-electron chi connectivity index (χ4n) is 1.96. The van der Waals surface area contributed by atoms with Gasteiger partial charge in [-0.2, -0.15) is 0 Å². The Bertz CT molecular complexity index is 395. The smallest absolute Gasteiger partial charge is 0.133 e. The van der Waals surface area contributed by atoms with Crippen LogP contribution in [-0.2, 0) is 4.79 Å². The zero-order valence-corrected chi connectivity index (χ0v) is 10.3. The largest absolute Gasteiger partial charge is 0.367 e. The van der Waals surface area contributed by atoms with Crippen LogP contribution in [0.2, 0.25) is 0 Å². The van der Waals surface area contributed by atoms with Gasteiger partial charge in [-0.3, -0.25) is 4.79 Å². The van der Waals surface area contributed by atoms with Crippen molar-refractivity contribution in [2.24, 2.45) is 0 Å². The molecule has 1 aliphatic rings. The molecule has 1 aliphatic carbocycles. The highest BCUT2D eigenvalue weighted by atomic mass is 16.1. The van der Waals surface area contributed by atoms with E-state index in [-0.39, 0.29) is 0 Å². The third-order valence-corrected chi connectivity index (χ3v) is 3.01. The summed E-state index contributed by atoms with van der Waals surface area (Å²) in [5.41, 5.74) is 0. The molecule has 1 N–H and O–H groups in total. The fraction of sp³-hybridized carbons (Fsp3) is 0.583. The Morgan fingerprint density at radius 3 is 2.65 bits per heavy atom. The average molecular weight is 234 g/mol. The van der Waals surface area contributed by atoms with E-state index in [0.717, 1.165) is 24.5 Å². The minimum atomic E-state index is 0.359. The number of rotatable bonds is 3. The van der Waals surface area contributed by atoms with Gasteiger partial charge in [0.1, 0.15) is 23.7 Å². The maximum Gasteiger partial charge on any atom is 0.133 e. The van der Waals surface area contributed by atoms with Crippen molar-refractivity contribution in [1.29, 1.82) is 0 Å². The Kier molecular flexibility index (Phi) is 3.56. The number of carbonyl (C=O) groups excluding carboxylic acids is 1. The zero-order chi connectivity index (χ0) is 12.3. The number of nitrogens with one attached hydrogen (secondary N) is 1. The molecule has 0 aromatic carbocycles. The SMILES string of the molecule is CN(C)c1cc(NC2CCC(=O)CC2)ncn1. The van der Waals surface area contributed by atoms with Crippen molar-refractivity contribution < 1.29 is 4.79 Å². The topological polar surface area (TPSA) is 58.1 Å². The molecule has 0 atom stereocenters. The molecule has 0 bridgehead atoms. The second kappa shape index (κ2) is 5.12. The maximum atomic E-state index is 11.1. The number of anilines is 2. The lowest BCUT2D eigenvalue weighted by atomic mass is 9.94. The first kappa shape index (κ1) is 11.8. The monoisotopic (exact) mass is 234 g/mol. The normalized spacial score (nSPS) is 16.9. The summed E-state index contributed by atoms with van der Waals surface area (Å²) >= 11 is 0. The first-order chi connectivity index (χ1) is 8.15. The quantitative estimate of drug-likeness (QED) is 0.858. The molecule has 1 aromatic heterocycles. The highest BCUT2D eigenvalue weighted by molar-refractivity contribution is 5.79. The molecular formula is C12H18N4O. The van der Waals surface area contributed by atoms with Gasteiger partial charge in [-0.25, -0.2) is 9.97 Å². The first-order valence-electron chi connectivity index (χ1n) is 5.93. The van der Waals surface area contributed by atoms with Crippen LogP contribution in [0.4, 0.5) is 11.6 Å². The van der Waals surface area contributed by atoms with Crippen LogP contribution < -0.4 is 10.2 Å². The predicted molar refractivity (Wildman–Crippen MR) is 67.2 cm³/mol. The molecule has 0 radical (unpaired) electrons. The molecule has 17 heavy (non-hydrogen) atoms. The van der Waals surface area contributed by atoms with Crippen LogP contribution in [0.1, 0.15) is 25.7 Å². The number of nitrogens with zero attached hydrogens (tertiary/aromatic N) is 3. The summed E-state index contributed by atoms with van der Waals surface area (Å²) in [5.74, 6) is 2.09. The Hall–Kier alpha value is -1.65. The lowest BCUT2D eigenvalue weighted by Crippen LogP contribution is -2.26. The van der Waals surface area contributed by atoms with Gasteiger partial charge in [-0.1, -0.05) is 0 Å². The minimum Gasteiger partial charge on any atom is -0.367 e. The Labute approximate surface area is 101 Å². The van der Waals surface area contributed by atoms with Gasteiger partial charge in [0.15, 0.2) is 0 Å². The van der Waals surface area contributed by atoms with Crippen molar-refractivity contribution in [2.45, 2.75) is 31.7 Å². The van der Waals surface area contributed by atoms with Crippen LogP contribution in [0.5, 0.6) is 0 Å². The Morgan fingerprint density at radius 1 is 1.29 bits per heavy atom. The first-order valence-corrected chi connectivity index (χ1v) is 5.93. The second-order valence-corrected chi connectivity index (χ2v) is 4.61. The fourth-order valence-corrected chi connectivity index (χ4v) is 1.96. The minimum absolute atomic E-state index is 0.359. The summed E-state index contributed by atoms with van der Waals surface area (Å²) in [6.45, 7) is 0. The summed E-state index contributed by atoms with van der Waals surface area (Å²) in [7, 11) is 3.90. The standard InChI is InChI=1S/C12H18N4O/c1-16(2)12-7-11(13-8-14-12)15-9-3-5-10(17)6-4-9/h7-9H,3-6H2,1-2H3,(H,13,14,15). The molecule has 1 saturated carbocycles. The summed E-state index contributed by atoms with van der Waals surface area (Å²) < 4.78 is 0. The molecule has 0 unspecified atom stereocenters. The summed E-state index contributed by atoms with van der Waals surface area (Å²) in [6.07, 6.45) is 4.73. The average Bonchev–Trinajstić information content (AvgIpc) is 2.32. The summed E-state index contributed by atoms with van der Waals surface area (Å²) in [4.78, 5) is 21.5. The van der Waals surface area contributed by atoms with E-state index in [9.17, 15) is 4.79 Å². The van der Waals surface area contributed by atoms with Crippen LogP contribution in [0.3, 0.4) is 0 Å². The van der Waals surface area contributed by atoms with E-state index in [0.29, 0.717) is 24.7 Å². The van der Waals surface area contributed by atoms with Crippen molar-refractivity contribution in [1.82, 2.24) is 9.97 Å². The maximum absolute atomic E-state index is 11.1. The molecule has 1 heterocycles. The Morgan fingerprint density at radius 2 is 2.00 bits per heavy atom. The lowest BCUT2D eigenvalue weighted by Gasteiger charge is -2.23. The lowest BCUT2D eigenvalue weighted by molar-refractivity contribution is -0.120. The molecule has 5 heteroatoms. The van der Waals surface area contributed by atoms with E-state index in [4.69, 9.17) is 0 Å². The molecular weight excluding hydrogens is 216 g/mol. The van der Waals surface area contributed by atoms with Crippen LogP contribution in [-0.4, -0.2) is 35.9 Å². The van der Waals surface area contributed by atoms with E-state index >= 15 is 0 Å². The molecule has 0 amide bonds. The molecule has 1 aromatic rings. The zero-order valence-electron chi connectivity index (χ0n) is 10.3. The van der Waals surface area contributed by atoms with E-state index < -0.39 is 0 Å². The van der Waals surface area contributed by atoms with Gasteiger partial charge >= 0.3 is 0 Å². The molecule has 1 fully saturated rings. The van der Waals surface area contributed by atoms with Gasteiger partial charge < -0.3 is 10.2 Å². The third kappa shape index (κ3) is 3.15. The van der Waals surface area contributed by atoms with Crippen LogP contribution in [0, 0.1) is 0 Å². The summed E-state index contributed by atoms with van der Waals surface area (Å²) in [5, 5.41) is 3.37. The number of hydrogen-bond donors (Lipinski definition) is 1. The van der Waals surface area contributed by atoms with Crippen LogP contribution in [0.25, 0.3) is 0 Å². The molecule has 2 rings (SSSR count). The third-order valence-electron chi connectivity index (χ3n) is 3.01. The van der Waals surface area contributed by atoms with Crippen LogP contribution in [0.15, 0.2) is 12.4 Å². The van der Waals surface area contributed by atoms with Crippen molar-refractivity contribution in [3.63, 3.8) is 0 Å². The van der Waals surface area contributed by atoms with Gasteiger partial charge in [0.05, 0.1) is 0 Å². The number of hydrogen-bond acceptors (Lipinski definition) is 5. The molecule has 5 nitrogen and oxygen atoms in total. The molecule has 0 aliphatic heterocycles. The highest BCUT2D eigenvalue weighted by Gasteiger charge is 2.18. The van der Waals surface area contributed by atoms with Crippen LogP contribution >= 0.6 is 0 Å². The number of carbonyl (C=O) groups is 1. The highest BCUT2D eigenvalue weighted by Crippen LogP contribution is 2.19. The van der Waals surface area contributed by atoms with Crippen molar-refractivity contribution in [2.75, 3.05) is 24.3 Å². The molecule has 0 spiro atoms. The van der Waals surface area contributed by atoms with Gasteiger partial charge in [0, 0.05) is 39.0 Å². The van der Waals surface area contributed by atoms with E-state index in [1.807, 2.05) is 25.1 Å².